The normalized spacial score (nSPS) is 10.2. The van der Waals surface area contributed by atoms with Crippen molar-refractivity contribution in [2.75, 3.05) is 5.73 Å². The summed E-state index contributed by atoms with van der Waals surface area (Å²) in [4.78, 5) is 10.6. The molecular weight excluding hydrogens is 231 g/mol. The van der Waals surface area contributed by atoms with Crippen LogP contribution in [-0.4, -0.2) is 31.7 Å². The number of carbonyl (C=O) groups is 1. The molecule has 7 heteroatoms. The van der Waals surface area contributed by atoms with Crippen molar-refractivity contribution in [3.8, 4) is 0 Å². The van der Waals surface area contributed by atoms with E-state index in [0.29, 0.717) is 5.69 Å². The molecule has 1 amide bonds. The van der Waals surface area contributed by atoms with Gasteiger partial charge in [0.2, 0.25) is 5.91 Å². The van der Waals surface area contributed by atoms with E-state index in [1.807, 2.05) is 4.72 Å². The molecule has 0 unspecified atom stereocenters. The third-order valence-electron chi connectivity index (χ3n) is 1.47. The maximum absolute atomic E-state index is 11.4. The first kappa shape index (κ1) is 14.0. The fourth-order valence-electron chi connectivity index (χ4n) is 0.895. The van der Waals surface area contributed by atoms with Crippen LogP contribution in [0.1, 0.15) is 6.92 Å². The summed E-state index contributed by atoms with van der Waals surface area (Å²) in [6.45, 7) is 1.13. The number of nitrogens with one attached hydrogen (secondary N) is 1. The van der Waals surface area contributed by atoms with E-state index in [1.165, 1.54) is 24.3 Å². The van der Waals surface area contributed by atoms with Crippen molar-refractivity contribution in [3.05, 3.63) is 24.3 Å². The SMILES string of the molecule is CC(=O)NS(=O)(=O)c1ccc(N)cc1.[Al]. The summed E-state index contributed by atoms with van der Waals surface area (Å²) in [5.41, 5.74) is 5.85. The van der Waals surface area contributed by atoms with Crippen molar-refractivity contribution in [2.24, 2.45) is 0 Å². The van der Waals surface area contributed by atoms with Crippen LogP contribution in [0.25, 0.3) is 0 Å². The molecule has 0 aliphatic heterocycles. The van der Waals surface area contributed by atoms with Gasteiger partial charge in [0.1, 0.15) is 0 Å². The van der Waals surface area contributed by atoms with Gasteiger partial charge in [0.25, 0.3) is 10.0 Å². The Bertz CT molecular complexity index is 441. The second kappa shape index (κ2) is 5.17. The highest BCUT2D eigenvalue weighted by Crippen LogP contribution is 2.10. The first-order chi connectivity index (χ1) is 6.42. The Hall–Kier alpha value is -1.03. The van der Waals surface area contributed by atoms with Gasteiger partial charge in [-0.15, -0.1) is 0 Å². The van der Waals surface area contributed by atoms with Gasteiger partial charge >= 0.3 is 0 Å². The van der Waals surface area contributed by atoms with E-state index in [4.69, 9.17) is 5.73 Å². The van der Waals surface area contributed by atoms with Crippen molar-refractivity contribution in [1.82, 2.24) is 4.72 Å². The molecule has 79 valence electrons. The van der Waals surface area contributed by atoms with Gasteiger partial charge in [0, 0.05) is 30.0 Å². The lowest BCUT2D eigenvalue weighted by atomic mass is 10.3. The highest BCUT2D eigenvalue weighted by atomic mass is 32.2. The lowest BCUT2D eigenvalue weighted by Gasteiger charge is -2.04. The Balaban J connectivity index is 0.00000196. The fourth-order valence-corrected chi connectivity index (χ4v) is 1.89. The summed E-state index contributed by atoms with van der Waals surface area (Å²) < 4.78 is 24.6. The fraction of sp³-hybridized carbons (Fsp3) is 0.125. The first-order valence-electron chi connectivity index (χ1n) is 3.81. The van der Waals surface area contributed by atoms with Crippen LogP contribution in [0.2, 0.25) is 0 Å². The molecule has 0 spiro atoms. The van der Waals surface area contributed by atoms with E-state index in [-0.39, 0.29) is 22.3 Å². The molecule has 1 aromatic carbocycles. The molecule has 0 fully saturated rings. The molecule has 5 nitrogen and oxygen atoms in total. The van der Waals surface area contributed by atoms with Crippen LogP contribution < -0.4 is 10.5 Å². The molecule has 0 bridgehead atoms. The number of amides is 1. The number of anilines is 1. The molecule has 0 saturated heterocycles. The van der Waals surface area contributed by atoms with E-state index >= 15 is 0 Å². The second-order valence-corrected chi connectivity index (χ2v) is 4.41. The van der Waals surface area contributed by atoms with E-state index in [0.717, 1.165) is 6.92 Å². The number of hydrogen-bond acceptors (Lipinski definition) is 4. The van der Waals surface area contributed by atoms with Crippen LogP contribution in [0.5, 0.6) is 0 Å². The Kier molecular flexibility index (Phi) is 4.81. The van der Waals surface area contributed by atoms with Gasteiger partial charge in [-0.2, -0.15) is 0 Å². The molecule has 3 radical (unpaired) electrons. The van der Waals surface area contributed by atoms with Crippen LogP contribution in [0.15, 0.2) is 29.2 Å². The van der Waals surface area contributed by atoms with E-state index in [9.17, 15) is 13.2 Å². The minimum Gasteiger partial charge on any atom is -0.399 e. The molecule has 0 aliphatic rings. The quantitative estimate of drug-likeness (QED) is 0.550. The number of nitrogen functional groups attached to an aromatic ring is 1. The summed E-state index contributed by atoms with van der Waals surface area (Å²) in [5.74, 6) is -0.623. The van der Waals surface area contributed by atoms with Gasteiger partial charge in [-0.25, -0.2) is 13.1 Å². The van der Waals surface area contributed by atoms with E-state index in [2.05, 4.69) is 0 Å². The van der Waals surface area contributed by atoms with Gasteiger partial charge in [-0.1, -0.05) is 0 Å². The predicted molar refractivity (Wildman–Crippen MR) is 57.6 cm³/mol. The predicted octanol–water partition coefficient (Wildman–Crippen LogP) is -0.287. The van der Waals surface area contributed by atoms with Crippen molar-refractivity contribution in [2.45, 2.75) is 11.8 Å². The highest BCUT2D eigenvalue weighted by Gasteiger charge is 2.14. The number of nitrogens with two attached hydrogens (primary N) is 1. The Morgan fingerprint density at radius 3 is 2.13 bits per heavy atom. The van der Waals surface area contributed by atoms with Crippen LogP contribution >= 0.6 is 0 Å². The highest BCUT2D eigenvalue weighted by molar-refractivity contribution is 7.90. The summed E-state index contributed by atoms with van der Waals surface area (Å²) in [5, 5.41) is 0. The Morgan fingerprint density at radius 1 is 1.27 bits per heavy atom. The van der Waals surface area contributed by atoms with Crippen LogP contribution in [0.3, 0.4) is 0 Å². The molecule has 0 atom stereocenters. The minimum absolute atomic E-state index is 0. The third-order valence-corrected chi connectivity index (χ3v) is 2.92. The molecule has 0 aromatic heterocycles. The topological polar surface area (TPSA) is 89.3 Å². The monoisotopic (exact) mass is 241 g/mol. The van der Waals surface area contributed by atoms with Crippen molar-refractivity contribution >= 4 is 39.0 Å². The summed E-state index contributed by atoms with van der Waals surface area (Å²) in [6.07, 6.45) is 0. The van der Waals surface area contributed by atoms with Gasteiger partial charge < -0.3 is 5.73 Å². The zero-order valence-corrected chi connectivity index (χ0v) is 10.1. The largest absolute Gasteiger partial charge is 0.399 e. The minimum atomic E-state index is -3.73. The van der Waals surface area contributed by atoms with Crippen molar-refractivity contribution in [1.29, 1.82) is 0 Å². The maximum atomic E-state index is 11.4. The smallest absolute Gasteiger partial charge is 0.264 e. The van der Waals surface area contributed by atoms with Crippen LogP contribution in [0, 0.1) is 0 Å². The van der Waals surface area contributed by atoms with E-state index < -0.39 is 15.9 Å². The van der Waals surface area contributed by atoms with Gasteiger partial charge in [-0.3, -0.25) is 4.79 Å². The molecule has 3 N–H and O–H groups in total. The number of carbonyl (C=O) groups excluding carboxylic acids is 1. The molecule has 0 aliphatic carbocycles. The standard InChI is InChI=1S/C8H10N2O3S.Al/c1-6(11)10-14(12,13)8-4-2-7(9)3-5-8;/h2-5H,9H2,1H3,(H,10,11);. The number of sulfonamides is 1. The first-order valence-corrected chi connectivity index (χ1v) is 5.29. The van der Waals surface area contributed by atoms with Gasteiger partial charge in [0.15, 0.2) is 0 Å². The second-order valence-electron chi connectivity index (χ2n) is 2.73. The number of hydrogen-bond donors (Lipinski definition) is 2. The summed E-state index contributed by atoms with van der Waals surface area (Å²) >= 11 is 0. The average Bonchev–Trinajstić information content (AvgIpc) is 2.02. The van der Waals surface area contributed by atoms with Crippen LogP contribution in [-0.2, 0) is 14.8 Å². The molecule has 1 aromatic rings. The van der Waals surface area contributed by atoms with E-state index in [1.54, 1.807) is 0 Å². The number of rotatable bonds is 2. The lowest BCUT2D eigenvalue weighted by Crippen LogP contribution is -2.28. The molecule has 0 saturated carbocycles. The van der Waals surface area contributed by atoms with Crippen molar-refractivity contribution in [3.63, 3.8) is 0 Å². The molecule has 15 heavy (non-hydrogen) atoms. The van der Waals surface area contributed by atoms with Crippen LogP contribution in [0.4, 0.5) is 5.69 Å². The zero-order chi connectivity index (χ0) is 10.8. The molecule has 1 rings (SSSR count). The van der Waals surface area contributed by atoms with Gasteiger partial charge in [-0.05, 0) is 24.3 Å². The Morgan fingerprint density at radius 2 is 1.73 bits per heavy atom. The Labute approximate surface area is 98.8 Å². The lowest BCUT2D eigenvalue weighted by molar-refractivity contribution is -0.117. The van der Waals surface area contributed by atoms with Gasteiger partial charge in [0.05, 0.1) is 4.90 Å². The van der Waals surface area contributed by atoms with Crippen molar-refractivity contribution < 1.29 is 13.2 Å². The average molecular weight is 241 g/mol. The summed E-state index contributed by atoms with van der Waals surface area (Å²) in [7, 11) is -3.73. The summed E-state index contributed by atoms with van der Waals surface area (Å²) in [6, 6.07) is 5.57. The zero-order valence-electron chi connectivity index (χ0n) is 8.10. The maximum Gasteiger partial charge on any atom is 0.264 e. The molecule has 0 heterocycles. The number of benzene rings is 1. The third kappa shape index (κ3) is 3.92. The molecular formula is C8H10AlN2O3S.